The van der Waals surface area contributed by atoms with Gasteiger partial charge in [0.05, 0.1) is 0 Å². The Morgan fingerprint density at radius 1 is 0.958 bits per heavy atom. The monoisotopic (exact) mass is 322 g/mol. The number of phenols is 2. The van der Waals surface area contributed by atoms with E-state index in [1.165, 1.54) is 0 Å². The third kappa shape index (κ3) is 4.08. The second-order valence-electron chi connectivity index (χ2n) is 6.08. The molecule has 2 heteroatoms. The molecule has 2 nitrogen and oxygen atoms in total. The number of phenolic OH excluding ortho intramolecular Hbond substituents is 2. The fourth-order valence-corrected chi connectivity index (χ4v) is 2.89. The van der Waals surface area contributed by atoms with Gasteiger partial charge in [0.15, 0.2) is 0 Å². The molecule has 0 heterocycles. The van der Waals surface area contributed by atoms with Gasteiger partial charge in [-0.25, -0.2) is 0 Å². The Balaban J connectivity index is 2.55. The van der Waals surface area contributed by atoms with E-state index in [2.05, 4.69) is 26.1 Å². The lowest BCUT2D eigenvalue weighted by Crippen LogP contribution is -1.94. The number of rotatable bonds is 8. The van der Waals surface area contributed by atoms with Crippen LogP contribution in [0.15, 0.2) is 55.6 Å². The summed E-state index contributed by atoms with van der Waals surface area (Å²) in [5.74, 6) is 0.595. The van der Waals surface area contributed by atoms with Gasteiger partial charge >= 0.3 is 0 Å². The number of unbranched alkanes of at least 4 members (excludes halogenated alkanes) is 1. The lowest BCUT2D eigenvalue weighted by molar-refractivity contribution is 0.467. The summed E-state index contributed by atoms with van der Waals surface area (Å²) in [4.78, 5) is 0. The van der Waals surface area contributed by atoms with Gasteiger partial charge in [0.1, 0.15) is 11.5 Å². The molecule has 0 aliphatic carbocycles. The molecule has 0 spiro atoms. The van der Waals surface area contributed by atoms with Crippen molar-refractivity contribution in [2.75, 3.05) is 0 Å². The molecular formula is C22H26O2. The van der Waals surface area contributed by atoms with Gasteiger partial charge in [-0.2, -0.15) is 0 Å². The molecule has 126 valence electrons. The van der Waals surface area contributed by atoms with E-state index in [1.807, 2.05) is 24.3 Å². The SMILES string of the molecule is C=CCc1cc(CCCC)c(O)c(-c2ccc(O)c(CC=C)c2)c1. The maximum Gasteiger partial charge on any atom is 0.126 e. The van der Waals surface area contributed by atoms with E-state index in [1.54, 1.807) is 12.1 Å². The zero-order chi connectivity index (χ0) is 17.5. The second kappa shape index (κ2) is 8.39. The molecule has 0 aromatic heterocycles. The van der Waals surface area contributed by atoms with Crippen LogP contribution >= 0.6 is 0 Å². The fraction of sp³-hybridized carbons (Fsp3) is 0.273. The molecule has 0 aliphatic rings. The number of hydrogen-bond donors (Lipinski definition) is 2. The van der Waals surface area contributed by atoms with Crippen LogP contribution in [0.25, 0.3) is 11.1 Å². The fourth-order valence-electron chi connectivity index (χ4n) is 2.89. The van der Waals surface area contributed by atoms with Gasteiger partial charge in [0, 0.05) is 5.56 Å². The van der Waals surface area contributed by atoms with Crippen molar-refractivity contribution in [3.05, 3.63) is 72.3 Å². The lowest BCUT2D eigenvalue weighted by Gasteiger charge is -2.14. The first-order chi connectivity index (χ1) is 11.6. The molecule has 0 unspecified atom stereocenters. The molecule has 2 aromatic carbocycles. The second-order valence-corrected chi connectivity index (χ2v) is 6.08. The van der Waals surface area contributed by atoms with Gasteiger partial charge in [0.2, 0.25) is 0 Å². The van der Waals surface area contributed by atoms with E-state index in [0.29, 0.717) is 12.2 Å². The van der Waals surface area contributed by atoms with Crippen LogP contribution in [0, 0.1) is 0 Å². The van der Waals surface area contributed by atoms with E-state index < -0.39 is 0 Å². The maximum atomic E-state index is 10.7. The highest BCUT2D eigenvalue weighted by atomic mass is 16.3. The largest absolute Gasteiger partial charge is 0.508 e. The topological polar surface area (TPSA) is 40.5 Å². The lowest BCUT2D eigenvalue weighted by atomic mass is 9.93. The third-order valence-electron chi connectivity index (χ3n) is 4.18. The van der Waals surface area contributed by atoms with Crippen LogP contribution in [0.3, 0.4) is 0 Å². The molecule has 0 amide bonds. The van der Waals surface area contributed by atoms with Crippen LogP contribution in [-0.2, 0) is 19.3 Å². The summed E-state index contributed by atoms with van der Waals surface area (Å²) in [6.07, 6.45) is 7.99. The zero-order valence-corrected chi connectivity index (χ0v) is 14.4. The number of allylic oxidation sites excluding steroid dienone is 2. The quantitative estimate of drug-likeness (QED) is 0.624. The number of aryl methyl sites for hydroxylation is 1. The predicted octanol–water partition coefficient (Wildman–Crippen LogP) is 5.56. The summed E-state index contributed by atoms with van der Waals surface area (Å²) in [6, 6.07) is 9.53. The molecule has 2 N–H and O–H groups in total. The Labute approximate surface area is 144 Å². The molecule has 2 rings (SSSR count). The Kier molecular flexibility index (Phi) is 6.25. The number of aromatic hydroxyl groups is 2. The van der Waals surface area contributed by atoms with Crippen molar-refractivity contribution in [2.45, 2.75) is 39.0 Å². The number of hydrogen-bond acceptors (Lipinski definition) is 2. The zero-order valence-electron chi connectivity index (χ0n) is 14.4. The summed E-state index contributed by atoms with van der Waals surface area (Å²) >= 11 is 0. The molecule has 24 heavy (non-hydrogen) atoms. The van der Waals surface area contributed by atoms with Crippen molar-refractivity contribution in [3.63, 3.8) is 0 Å². The van der Waals surface area contributed by atoms with E-state index in [0.717, 1.165) is 53.5 Å². The van der Waals surface area contributed by atoms with Crippen LogP contribution in [-0.4, -0.2) is 10.2 Å². The molecule has 0 atom stereocenters. The van der Waals surface area contributed by atoms with Crippen LogP contribution in [0.2, 0.25) is 0 Å². The molecule has 0 saturated heterocycles. The average Bonchev–Trinajstić information content (AvgIpc) is 2.57. The first-order valence-corrected chi connectivity index (χ1v) is 8.49. The Morgan fingerprint density at radius 3 is 2.38 bits per heavy atom. The van der Waals surface area contributed by atoms with Gasteiger partial charge in [-0.05, 0) is 66.1 Å². The highest BCUT2D eigenvalue weighted by Crippen LogP contribution is 2.36. The molecule has 0 saturated carbocycles. The van der Waals surface area contributed by atoms with Crippen molar-refractivity contribution >= 4 is 0 Å². The summed E-state index contributed by atoms with van der Waals surface area (Å²) in [5.41, 5.74) is 4.65. The molecule has 2 aromatic rings. The molecular weight excluding hydrogens is 296 g/mol. The third-order valence-corrected chi connectivity index (χ3v) is 4.18. The minimum Gasteiger partial charge on any atom is -0.508 e. The summed E-state index contributed by atoms with van der Waals surface area (Å²) < 4.78 is 0. The minimum absolute atomic E-state index is 0.256. The molecule has 0 fully saturated rings. The summed E-state index contributed by atoms with van der Waals surface area (Å²) in [6.45, 7) is 9.69. The van der Waals surface area contributed by atoms with Crippen molar-refractivity contribution < 1.29 is 10.2 Å². The number of benzene rings is 2. The summed E-state index contributed by atoms with van der Waals surface area (Å²) in [5, 5.41) is 20.7. The normalized spacial score (nSPS) is 10.5. The first kappa shape index (κ1) is 17.9. The van der Waals surface area contributed by atoms with Gasteiger partial charge in [0.25, 0.3) is 0 Å². The van der Waals surface area contributed by atoms with Gasteiger partial charge in [-0.1, -0.05) is 37.6 Å². The molecule has 0 aliphatic heterocycles. The van der Waals surface area contributed by atoms with Crippen molar-refractivity contribution in [1.29, 1.82) is 0 Å². The van der Waals surface area contributed by atoms with E-state index in [4.69, 9.17) is 0 Å². The van der Waals surface area contributed by atoms with Crippen LogP contribution in [0.5, 0.6) is 11.5 Å². The minimum atomic E-state index is 0.256. The smallest absolute Gasteiger partial charge is 0.126 e. The highest BCUT2D eigenvalue weighted by Gasteiger charge is 2.13. The van der Waals surface area contributed by atoms with Crippen LogP contribution in [0.1, 0.15) is 36.5 Å². The van der Waals surface area contributed by atoms with Crippen molar-refractivity contribution in [3.8, 4) is 22.6 Å². The predicted molar refractivity (Wildman–Crippen MR) is 102 cm³/mol. The summed E-state index contributed by atoms with van der Waals surface area (Å²) in [7, 11) is 0. The van der Waals surface area contributed by atoms with Gasteiger partial charge < -0.3 is 10.2 Å². The molecule has 0 radical (unpaired) electrons. The Morgan fingerprint density at radius 2 is 1.71 bits per heavy atom. The van der Waals surface area contributed by atoms with E-state index in [-0.39, 0.29) is 5.75 Å². The first-order valence-electron chi connectivity index (χ1n) is 8.49. The standard InChI is InChI=1S/C22H26O2/c1-4-7-10-19-13-16(8-5-2)14-20(22(19)24)17-11-12-21(23)18(15-17)9-6-3/h5-6,11-15,23-24H,2-4,7-10H2,1H3. The van der Waals surface area contributed by atoms with E-state index in [9.17, 15) is 10.2 Å². The Hall–Kier alpha value is -2.48. The van der Waals surface area contributed by atoms with Crippen molar-refractivity contribution in [1.82, 2.24) is 0 Å². The van der Waals surface area contributed by atoms with Crippen LogP contribution in [0.4, 0.5) is 0 Å². The maximum absolute atomic E-state index is 10.7. The average molecular weight is 322 g/mol. The van der Waals surface area contributed by atoms with Gasteiger partial charge in [-0.15, -0.1) is 13.2 Å². The highest BCUT2D eigenvalue weighted by molar-refractivity contribution is 5.74. The molecule has 0 bridgehead atoms. The Bertz CT molecular complexity index is 729. The van der Waals surface area contributed by atoms with Crippen LogP contribution < -0.4 is 0 Å². The van der Waals surface area contributed by atoms with Crippen molar-refractivity contribution in [2.24, 2.45) is 0 Å². The van der Waals surface area contributed by atoms with E-state index >= 15 is 0 Å². The van der Waals surface area contributed by atoms with Gasteiger partial charge in [-0.3, -0.25) is 0 Å².